The lowest BCUT2D eigenvalue weighted by molar-refractivity contribution is -0.236. The standard InChI is InChI=1S/C23H32NO5P/c1-5-10-17-16-20-18(19(11-6-2)22(17)26)12-13-21(25)24(20)23(28-7-3,29-8-4)14-9-15-30-27/h5-6,16,26H,1-2,7-15H2,3-4H3. The molecule has 164 valence electrons. The van der Waals surface area contributed by atoms with E-state index in [0.717, 1.165) is 11.1 Å². The van der Waals surface area contributed by atoms with Gasteiger partial charge in [-0.1, -0.05) is 12.2 Å². The fourth-order valence-electron chi connectivity index (χ4n) is 4.06. The van der Waals surface area contributed by atoms with Gasteiger partial charge in [-0.05, 0) is 56.7 Å². The van der Waals surface area contributed by atoms with Gasteiger partial charge < -0.3 is 14.6 Å². The molecule has 0 spiro atoms. The molecule has 1 aliphatic rings. The first-order valence-corrected chi connectivity index (χ1v) is 11.5. The molecular formula is C23H32NO5P. The van der Waals surface area contributed by atoms with E-state index in [2.05, 4.69) is 13.2 Å². The van der Waals surface area contributed by atoms with E-state index in [0.29, 0.717) is 69.2 Å². The molecule has 2 rings (SSSR count). The van der Waals surface area contributed by atoms with Gasteiger partial charge in [-0.25, -0.2) is 0 Å². The molecule has 7 heteroatoms. The Labute approximate surface area is 180 Å². The van der Waals surface area contributed by atoms with E-state index in [1.165, 1.54) is 0 Å². The van der Waals surface area contributed by atoms with Crippen LogP contribution in [0.3, 0.4) is 0 Å². The van der Waals surface area contributed by atoms with Crippen molar-refractivity contribution in [2.24, 2.45) is 0 Å². The first kappa shape index (κ1) is 24.3. The Hall–Kier alpha value is -2.01. The average Bonchev–Trinajstić information content (AvgIpc) is 2.71. The SMILES string of the molecule is C=CCc1cc2c(c(CC=C)c1O)CCC(=O)N2C(CCCP=O)(OCC)OCC. The quantitative estimate of drug-likeness (QED) is 0.207. The molecule has 30 heavy (non-hydrogen) atoms. The number of amides is 1. The van der Waals surface area contributed by atoms with Crippen LogP contribution in [-0.2, 0) is 38.1 Å². The summed E-state index contributed by atoms with van der Waals surface area (Å²) in [6.07, 6.45) is 6.67. The van der Waals surface area contributed by atoms with Gasteiger partial charge in [0.25, 0.3) is 5.91 Å². The van der Waals surface area contributed by atoms with Crippen LogP contribution in [0.15, 0.2) is 31.4 Å². The first-order chi connectivity index (χ1) is 14.5. The molecule has 1 aliphatic heterocycles. The summed E-state index contributed by atoms with van der Waals surface area (Å²) in [6, 6.07) is 1.84. The number of phenols is 1. The topological polar surface area (TPSA) is 76.1 Å². The van der Waals surface area contributed by atoms with Crippen LogP contribution < -0.4 is 4.90 Å². The maximum Gasteiger partial charge on any atom is 0.258 e. The predicted octanol–water partition coefficient (Wildman–Crippen LogP) is 4.93. The number of fused-ring (bicyclic) bond motifs is 1. The Kier molecular flexibility index (Phi) is 9.22. The van der Waals surface area contributed by atoms with Crippen molar-refractivity contribution in [3.63, 3.8) is 0 Å². The van der Waals surface area contributed by atoms with Crippen LogP contribution in [0, 0.1) is 0 Å². The predicted molar refractivity (Wildman–Crippen MR) is 119 cm³/mol. The van der Waals surface area contributed by atoms with E-state index in [1.807, 2.05) is 19.9 Å². The molecule has 0 aromatic heterocycles. The van der Waals surface area contributed by atoms with E-state index < -0.39 is 5.91 Å². The Morgan fingerprint density at radius 2 is 1.87 bits per heavy atom. The Morgan fingerprint density at radius 3 is 2.43 bits per heavy atom. The summed E-state index contributed by atoms with van der Waals surface area (Å²) in [5.41, 5.74) is 3.07. The summed E-state index contributed by atoms with van der Waals surface area (Å²) in [6.45, 7) is 12.0. The van der Waals surface area contributed by atoms with Crippen molar-refractivity contribution in [3.8, 4) is 5.75 Å². The largest absolute Gasteiger partial charge is 0.507 e. The molecule has 6 nitrogen and oxygen atoms in total. The van der Waals surface area contributed by atoms with Crippen molar-refractivity contribution in [1.29, 1.82) is 0 Å². The smallest absolute Gasteiger partial charge is 0.258 e. The summed E-state index contributed by atoms with van der Waals surface area (Å²) in [5, 5.41) is 10.8. The van der Waals surface area contributed by atoms with E-state index in [-0.39, 0.29) is 20.1 Å². The van der Waals surface area contributed by atoms with Crippen molar-refractivity contribution in [3.05, 3.63) is 48.1 Å². The van der Waals surface area contributed by atoms with Gasteiger partial charge in [-0.3, -0.25) is 14.3 Å². The first-order valence-electron chi connectivity index (χ1n) is 10.5. The number of carbonyl (C=O) groups excluding carboxylic acids is 1. The zero-order valence-corrected chi connectivity index (χ0v) is 18.9. The third-order valence-electron chi connectivity index (χ3n) is 5.19. The second-order valence-corrected chi connectivity index (χ2v) is 7.82. The Morgan fingerprint density at radius 1 is 1.20 bits per heavy atom. The minimum Gasteiger partial charge on any atom is -0.507 e. The molecule has 1 amide bonds. The van der Waals surface area contributed by atoms with Crippen molar-refractivity contribution < 1.29 is 23.9 Å². The zero-order chi connectivity index (χ0) is 22.1. The molecule has 0 saturated heterocycles. The molecular weight excluding hydrogens is 401 g/mol. The lowest BCUT2D eigenvalue weighted by Crippen LogP contribution is -2.58. The second-order valence-electron chi connectivity index (χ2n) is 7.11. The van der Waals surface area contributed by atoms with Crippen LogP contribution in [0.4, 0.5) is 5.69 Å². The van der Waals surface area contributed by atoms with Gasteiger partial charge in [0, 0.05) is 37.8 Å². The van der Waals surface area contributed by atoms with E-state index >= 15 is 0 Å². The molecule has 0 atom stereocenters. The molecule has 0 aliphatic carbocycles. The van der Waals surface area contributed by atoms with Crippen molar-refractivity contribution in [2.75, 3.05) is 24.3 Å². The summed E-state index contributed by atoms with van der Waals surface area (Å²) < 4.78 is 23.2. The molecule has 1 N–H and O–H groups in total. The van der Waals surface area contributed by atoms with Gasteiger partial charge in [-0.2, -0.15) is 0 Å². The zero-order valence-electron chi connectivity index (χ0n) is 18.0. The number of hydrogen-bond donors (Lipinski definition) is 1. The molecule has 0 unspecified atom stereocenters. The summed E-state index contributed by atoms with van der Waals surface area (Å²) in [7, 11) is 0.0500. The summed E-state index contributed by atoms with van der Waals surface area (Å²) >= 11 is 0. The molecule has 0 radical (unpaired) electrons. The third-order valence-corrected chi connectivity index (χ3v) is 5.69. The third kappa shape index (κ3) is 5.00. The maximum absolute atomic E-state index is 13.2. The number of ether oxygens (including phenoxy) is 2. The van der Waals surface area contributed by atoms with Crippen LogP contribution in [0.2, 0.25) is 0 Å². The number of benzene rings is 1. The van der Waals surface area contributed by atoms with Crippen LogP contribution in [0.25, 0.3) is 0 Å². The van der Waals surface area contributed by atoms with Crippen molar-refractivity contribution >= 4 is 20.1 Å². The highest BCUT2D eigenvalue weighted by atomic mass is 31.1. The van der Waals surface area contributed by atoms with Gasteiger partial charge in [-0.15, -0.1) is 13.2 Å². The van der Waals surface area contributed by atoms with Crippen LogP contribution in [0.5, 0.6) is 5.75 Å². The number of rotatable bonds is 13. The normalized spacial score (nSPS) is 14.1. The fourth-order valence-corrected chi connectivity index (χ4v) is 4.35. The minimum atomic E-state index is -1.28. The van der Waals surface area contributed by atoms with E-state index in [4.69, 9.17) is 9.47 Å². The molecule has 1 aromatic rings. The van der Waals surface area contributed by atoms with Crippen molar-refractivity contribution in [2.45, 2.75) is 58.3 Å². The van der Waals surface area contributed by atoms with Crippen LogP contribution in [-0.4, -0.2) is 36.3 Å². The minimum absolute atomic E-state index is 0.0500. The Balaban J connectivity index is 2.71. The number of nitrogens with zero attached hydrogens (tertiary/aromatic N) is 1. The molecule has 0 fully saturated rings. The number of anilines is 1. The molecule has 0 saturated carbocycles. The summed E-state index contributed by atoms with van der Waals surface area (Å²) in [4.78, 5) is 14.8. The second kappa shape index (κ2) is 11.4. The Bertz CT molecular complexity index is 786. The monoisotopic (exact) mass is 433 g/mol. The van der Waals surface area contributed by atoms with Crippen molar-refractivity contribution in [1.82, 2.24) is 0 Å². The molecule has 0 bridgehead atoms. The lowest BCUT2D eigenvalue weighted by Gasteiger charge is -2.45. The van der Waals surface area contributed by atoms with Gasteiger partial charge in [0.1, 0.15) is 5.75 Å². The van der Waals surface area contributed by atoms with Crippen LogP contribution in [0.1, 0.15) is 49.8 Å². The van der Waals surface area contributed by atoms with Gasteiger partial charge in [0.05, 0.1) is 5.69 Å². The number of carbonyl (C=O) groups is 1. The maximum atomic E-state index is 13.2. The van der Waals surface area contributed by atoms with Gasteiger partial charge in [0.15, 0.2) is 8.46 Å². The average molecular weight is 433 g/mol. The molecule has 1 heterocycles. The molecule has 1 aromatic carbocycles. The van der Waals surface area contributed by atoms with Gasteiger partial charge in [0.2, 0.25) is 5.91 Å². The van der Waals surface area contributed by atoms with E-state index in [9.17, 15) is 14.5 Å². The highest BCUT2D eigenvalue weighted by Gasteiger charge is 2.45. The number of allylic oxidation sites excluding steroid dienone is 2. The summed E-state index contributed by atoms with van der Waals surface area (Å²) in [5.74, 6) is -1.15. The van der Waals surface area contributed by atoms with Gasteiger partial charge >= 0.3 is 0 Å². The van der Waals surface area contributed by atoms with E-state index in [1.54, 1.807) is 17.1 Å². The number of aromatic hydroxyl groups is 1. The fraction of sp³-hybridized carbons (Fsp3) is 0.522. The number of phenolic OH excluding ortho intramolecular Hbond substituents is 1. The lowest BCUT2D eigenvalue weighted by atomic mass is 9.89. The highest BCUT2D eigenvalue weighted by molar-refractivity contribution is 7.23. The highest BCUT2D eigenvalue weighted by Crippen LogP contribution is 2.43. The number of hydrogen-bond acceptors (Lipinski definition) is 5. The van der Waals surface area contributed by atoms with Crippen LogP contribution >= 0.6 is 8.46 Å².